The summed E-state index contributed by atoms with van der Waals surface area (Å²) in [5, 5.41) is 21.2. The van der Waals surface area contributed by atoms with Gasteiger partial charge in [0.25, 0.3) is 0 Å². The highest BCUT2D eigenvalue weighted by molar-refractivity contribution is 5.25. The van der Waals surface area contributed by atoms with Crippen LogP contribution in [-0.4, -0.2) is 22.4 Å². The van der Waals surface area contributed by atoms with Crippen molar-refractivity contribution in [1.82, 2.24) is 0 Å². The van der Waals surface area contributed by atoms with E-state index in [1.165, 1.54) is 38.5 Å². The van der Waals surface area contributed by atoms with Crippen LogP contribution in [0.25, 0.3) is 0 Å². The minimum Gasteiger partial charge on any atom is -0.393 e. The predicted octanol–water partition coefficient (Wildman–Crippen LogP) is 6.36. The zero-order valence-electron chi connectivity index (χ0n) is 19.7. The van der Waals surface area contributed by atoms with Gasteiger partial charge >= 0.3 is 0 Å². The van der Waals surface area contributed by atoms with Crippen molar-refractivity contribution in [2.45, 2.75) is 111 Å². The van der Waals surface area contributed by atoms with Crippen LogP contribution in [0.15, 0.2) is 11.6 Å². The number of aliphatic hydroxyl groups is 2. The van der Waals surface area contributed by atoms with Gasteiger partial charge in [-0.05, 0) is 111 Å². The predicted molar refractivity (Wildman–Crippen MR) is 120 cm³/mol. The van der Waals surface area contributed by atoms with Crippen LogP contribution in [-0.2, 0) is 0 Å². The molecule has 0 amide bonds. The fourth-order valence-electron chi connectivity index (χ4n) is 8.58. The maximum absolute atomic E-state index is 11.0. The fourth-order valence-corrected chi connectivity index (χ4v) is 8.58. The summed E-state index contributed by atoms with van der Waals surface area (Å²) < 4.78 is 0. The van der Waals surface area contributed by atoms with E-state index in [1.807, 2.05) is 0 Å². The van der Waals surface area contributed by atoms with Crippen molar-refractivity contribution in [2.75, 3.05) is 0 Å². The van der Waals surface area contributed by atoms with Crippen molar-refractivity contribution in [2.24, 2.45) is 46.3 Å². The number of rotatable bonds is 5. The second kappa shape index (κ2) is 7.97. The van der Waals surface area contributed by atoms with Gasteiger partial charge in [0.05, 0.1) is 12.2 Å². The fraction of sp³-hybridized carbons (Fsp3) is 0.926. The van der Waals surface area contributed by atoms with E-state index in [9.17, 15) is 10.2 Å². The van der Waals surface area contributed by atoms with Crippen molar-refractivity contribution in [3.8, 4) is 0 Å². The molecule has 2 N–H and O–H groups in total. The maximum atomic E-state index is 11.0. The molecule has 0 aromatic heterocycles. The molecule has 4 aliphatic rings. The quantitative estimate of drug-likeness (QED) is 0.525. The number of aliphatic hydroxyl groups excluding tert-OH is 2. The first-order valence-corrected chi connectivity index (χ1v) is 12.7. The summed E-state index contributed by atoms with van der Waals surface area (Å²) in [6.07, 6.45) is 14.1. The highest BCUT2D eigenvalue weighted by atomic mass is 16.3. The minimum absolute atomic E-state index is 0.108. The van der Waals surface area contributed by atoms with E-state index in [-0.39, 0.29) is 12.2 Å². The average molecular weight is 403 g/mol. The zero-order valence-corrected chi connectivity index (χ0v) is 19.7. The van der Waals surface area contributed by atoms with Crippen molar-refractivity contribution < 1.29 is 10.2 Å². The summed E-state index contributed by atoms with van der Waals surface area (Å²) >= 11 is 0. The third-order valence-electron chi connectivity index (χ3n) is 10.4. The minimum atomic E-state index is -0.133. The van der Waals surface area contributed by atoms with Gasteiger partial charge in [-0.1, -0.05) is 46.3 Å². The third kappa shape index (κ3) is 3.65. The van der Waals surface area contributed by atoms with Crippen LogP contribution >= 0.6 is 0 Å². The Morgan fingerprint density at radius 2 is 1.76 bits per heavy atom. The van der Waals surface area contributed by atoms with Gasteiger partial charge in [-0.2, -0.15) is 0 Å². The molecule has 2 heteroatoms. The first-order valence-electron chi connectivity index (χ1n) is 12.7. The van der Waals surface area contributed by atoms with Crippen LogP contribution in [0.2, 0.25) is 0 Å². The van der Waals surface area contributed by atoms with Crippen LogP contribution in [0.3, 0.4) is 0 Å². The number of allylic oxidation sites excluding steroid dienone is 1. The Morgan fingerprint density at radius 1 is 1.00 bits per heavy atom. The molecule has 3 saturated carbocycles. The van der Waals surface area contributed by atoms with Crippen molar-refractivity contribution in [3.05, 3.63) is 11.6 Å². The monoisotopic (exact) mass is 402 g/mol. The van der Waals surface area contributed by atoms with Crippen molar-refractivity contribution in [3.63, 3.8) is 0 Å². The van der Waals surface area contributed by atoms with Gasteiger partial charge < -0.3 is 10.2 Å². The topological polar surface area (TPSA) is 40.5 Å². The molecule has 9 atom stereocenters. The number of hydrogen-bond acceptors (Lipinski definition) is 2. The molecule has 4 aliphatic carbocycles. The highest BCUT2D eigenvalue weighted by Gasteiger charge is 2.59. The van der Waals surface area contributed by atoms with Gasteiger partial charge in [-0.25, -0.2) is 0 Å². The summed E-state index contributed by atoms with van der Waals surface area (Å²) in [5.41, 5.74) is 2.33. The molecule has 3 fully saturated rings. The van der Waals surface area contributed by atoms with Crippen LogP contribution in [0.5, 0.6) is 0 Å². The van der Waals surface area contributed by atoms with Gasteiger partial charge in [-0.15, -0.1) is 0 Å². The Labute approximate surface area is 179 Å². The average Bonchev–Trinajstić information content (AvgIpc) is 3.03. The Balaban J connectivity index is 1.51. The van der Waals surface area contributed by atoms with E-state index >= 15 is 0 Å². The normalized spacial score (nSPS) is 46.5. The maximum Gasteiger partial charge on any atom is 0.0577 e. The molecule has 0 bridgehead atoms. The summed E-state index contributed by atoms with van der Waals surface area (Å²) in [4.78, 5) is 0. The zero-order chi connectivity index (χ0) is 21.0. The van der Waals surface area contributed by atoms with E-state index in [0.717, 1.165) is 43.4 Å². The lowest BCUT2D eigenvalue weighted by Gasteiger charge is -2.58. The molecule has 29 heavy (non-hydrogen) atoms. The molecule has 166 valence electrons. The molecule has 0 spiro atoms. The van der Waals surface area contributed by atoms with Gasteiger partial charge in [-0.3, -0.25) is 0 Å². The second-order valence-corrected chi connectivity index (χ2v) is 12.3. The molecule has 2 nitrogen and oxygen atoms in total. The van der Waals surface area contributed by atoms with Crippen LogP contribution in [0.1, 0.15) is 98.8 Å². The van der Waals surface area contributed by atoms with Gasteiger partial charge in [0.1, 0.15) is 0 Å². The second-order valence-electron chi connectivity index (χ2n) is 12.3. The van der Waals surface area contributed by atoms with E-state index in [0.29, 0.717) is 28.6 Å². The SMILES string of the molecule is CC(C)CC[C@H](O)[C@H](C)[C@H]1CC[C@@H]2[C@H]3CC=C4C[C@@H](O)CC[C@]4(C)[C@H]3CC[C@]12C. The Bertz CT molecular complexity index is 624. The van der Waals surface area contributed by atoms with Crippen molar-refractivity contribution in [1.29, 1.82) is 0 Å². The molecule has 0 aromatic rings. The molecule has 0 saturated heterocycles. The molecule has 0 heterocycles. The Kier molecular flexibility index (Phi) is 6.01. The highest BCUT2D eigenvalue weighted by Crippen LogP contribution is 2.67. The summed E-state index contributed by atoms with van der Waals surface area (Å²) in [6, 6.07) is 0. The molecule has 0 radical (unpaired) electrons. The molecule has 0 unspecified atom stereocenters. The lowest BCUT2D eigenvalue weighted by molar-refractivity contribution is -0.0681. The lowest BCUT2D eigenvalue weighted by Crippen LogP contribution is -2.51. The molecule has 4 rings (SSSR count). The number of hydrogen-bond donors (Lipinski definition) is 2. The van der Waals surface area contributed by atoms with Gasteiger partial charge in [0.2, 0.25) is 0 Å². The summed E-state index contributed by atoms with van der Waals surface area (Å²) in [5.74, 6) is 4.25. The van der Waals surface area contributed by atoms with E-state index in [2.05, 4.69) is 40.7 Å². The van der Waals surface area contributed by atoms with Crippen LogP contribution in [0.4, 0.5) is 0 Å². The molecular weight excluding hydrogens is 356 g/mol. The number of fused-ring (bicyclic) bond motifs is 5. The van der Waals surface area contributed by atoms with Crippen LogP contribution in [0, 0.1) is 46.3 Å². The summed E-state index contributed by atoms with van der Waals surface area (Å²) in [7, 11) is 0. The standard InChI is InChI=1S/C27H46O2/c1-17(2)6-11-25(29)18(3)22-9-10-23-21-8-7-19-16-20(28)12-14-26(19,4)24(21)13-15-27(22,23)5/h7,17-18,20-25,28-29H,6,8-16H2,1-5H3/t18-,20+,21-,22-,23-,24+,25+,26+,27-/m1/s1. The Hall–Kier alpha value is -0.340. The molecular formula is C27H46O2. The lowest BCUT2D eigenvalue weighted by atomic mass is 9.47. The van der Waals surface area contributed by atoms with Crippen LogP contribution < -0.4 is 0 Å². The third-order valence-corrected chi connectivity index (χ3v) is 10.4. The summed E-state index contributed by atoms with van der Waals surface area (Å²) in [6.45, 7) is 12.0. The van der Waals surface area contributed by atoms with E-state index < -0.39 is 0 Å². The smallest absolute Gasteiger partial charge is 0.0577 e. The molecule has 0 aromatic carbocycles. The largest absolute Gasteiger partial charge is 0.393 e. The van der Waals surface area contributed by atoms with E-state index in [1.54, 1.807) is 5.57 Å². The van der Waals surface area contributed by atoms with E-state index in [4.69, 9.17) is 0 Å². The first kappa shape index (κ1) is 21.9. The van der Waals surface area contributed by atoms with Gasteiger partial charge in [0.15, 0.2) is 0 Å². The molecule has 0 aliphatic heterocycles. The van der Waals surface area contributed by atoms with Crippen molar-refractivity contribution >= 4 is 0 Å². The first-order chi connectivity index (χ1) is 13.7. The van der Waals surface area contributed by atoms with Gasteiger partial charge in [0, 0.05) is 0 Å². The Morgan fingerprint density at radius 3 is 2.48 bits per heavy atom.